The third kappa shape index (κ3) is 6.01. The third-order valence-corrected chi connectivity index (χ3v) is 5.21. The van der Waals surface area contributed by atoms with Gasteiger partial charge in [0.15, 0.2) is 0 Å². The van der Waals surface area contributed by atoms with Gasteiger partial charge >= 0.3 is 0 Å². The zero-order valence-corrected chi connectivity index (χ0v) is 17.9. The lowest BCUT2D eigenvalue weighted by molar-refractivity contribution is -0.122. The molecular formula is C24H28N4O3. The minimum absolute atomic E-state index is 0.0239. The highest BCUT2D eigenvalue weighted by molar-refractivity contribution is 5.80. The number of carbonyl (C=O) groups is 2. The fourth-order valence-electron chi connectivity index (χ4n) is 3.49. The molecule has 31 heavy (non-hydrogen) atoms. The Hall–Kier alpha value is -3.48. The van der Waals surface area contributed by atoms with E-state index in [1.807, 2.05) is 37.3 Å². The van der Waals surface area contributed by atoms with Crippen molar-refractivity contribution in [3.63, 3.8) is 0 Å². The highest BCUT2D eigenvalue weighted by Crippen LogP contribution is 2.11. The first-order chi connectivity index (χ1) is 15.0. The van der Waals surface area contributed by atoms with Crippen molar-refractivity contribution in [1.82, 2.24) is 20.2 Å². The summed E-state index contributed by atoms with van der Waals surface area (Å²) in [4.78, 5) is 41.7. The van der Waals surface area contributed by atoms with Crippen LogP contribution >= 0.6 is 0 Å². The number of hydrogen-bond donors (Lipinski definition) is 2. The summed E-state index contributed by atoms with van der Waals surface area (Å²) in [5.74, 6) is -0.387. The van der Waals surface area contributed by atoms with Crippen LogP contribution in [-0.2, 0) is 29.0 Å². The highest BCUT2D eigenvalue weighted by atomic mass is 16.2. The van der Waals surface area contributed by atoms with Crippen LogP contribution in [0.25, 0.3) is 11.0 Å². The Bertz CT molecular complexity index is 1110. The van der Waals surface area contributed by atoms with Crippen LogP contribution in [0.3, 0.4) is 0 Å². The molecule has 2 amide bonds. The Labute approximate surface area is 181 Å². The van der Waals surface area contributed by atoms with Crippen molar-refractivity contribution < 1.29 is 9.59 Å². The summed E-state index contributed by atoms with van der Waals surface area (Å²) in [6.45, 7) is 1.87. The molecule has 3 rings (SSSR count). The summed E-state index contributed by atoms with van der Waals surface area (Å²) in [5.41, 5.74) is 2.39. The molecule has 162 valence electrons. The maximum atomic E-state index is 13.0. The van der Waals surface area contributed by atoms with Crippen LogP contribution in [0, 0.1) is 0 Å². The molecule has 3 aromatic rings. The van der Waals surface area contributed by atoms with Crippen molar-refractivity contribution in [2.75, 3.05) is 7.05 Å². The van der Waals surface area contributed by atoms with Crippen LogP contribution in [0.4, 0.5) is 0 Å². The molecule has 0 aliphatic rings. The molecule has 1 aromatic heterocycles. The second-order valence-corrected chi connectivity index (χ2v) is 7.60. The number of aryl methyl sites for hydroxylation is 2. The van der Waals surface area contributed by atoms with E-state index in [-0.39, 0.29) is 48.5 Å². The zero-order valence-electron chi connectivity index (χ0n) is 17.9. The Balaban J connectivity index is 1.73. The number of para-hydroxylation sites is 2. The molecule has 0 fully saturated rings. The lowest BCUT2D eigenvalue weighted by Crippen LogP contribution is -2.38. The van der Waals surface area contributed by atoms with E-state index in [2.05, 4.69) is 27.8 Å². The van der Waals surface area contributed by atoms with Crippen LogP contribution in [0.15, 0.2) is 59.4 Å². The van der Waals surface area contributed by atoms with Gasteiger partial charge in [-0.25, -0.2) is 4.98 Å². The molecule has 0 aliphatic heterocycles. The Morgan fingerprint density at radius 1 is 1.00 bits per heavy atom. The van der Waals surface area contributed by atoms with Crippen LogP contribution in [0.2, 0.25) is 0 Å². The van der Waals surface area contributed by atoms with E-state index in [9.17, 15) is 14.4 Å². The number of nitrogens with one attached hydrogen (secondary N) is 2. The monoisotopic (exact) mass is 420 g/mol. The fraction of sp³-hybridized carbons (Fsp3) is 0.333. The smallest absolute Gasteiger partial charge is 0.273 e. The molecule has 0 saturated carbocycles. The maximum Gasteiger partial charge on any atom is 0.273 e. The van der Waals surface area contributed by atoms with Crippen molar-refractivity contribution in [2.45, 2.75) is 45.2 Å². The average molecular weight is 421 g/mol. The number of hydrogen-bond acceptors (Lipinski definition) is 4. The van der Waals surface area contributed by atoms with Gasteiger partial charge in [0.2, 0.25) is 11.8 Å². The zero-order chi connectivity index (χ0) is 22.2. The Morgan fingerprint density at radius 3 is 2.45 bits per heavy atom. The normalized spacial score (nSPS) is 11.8. The first kappa shape index (κ1) is 22.2. The van der Waals surface area contributed by atoms with Gasteiger partial charge in [-0.1, -0.05) is 42.5 Å². The predicted octanol–water partition coefficient (Wildman–Crippen LogP) is 2.21. The number of benzene rings is 2. The molecule has 0 spiro atoms. The van der Waals surface area contributed by atoms with E-state index in [1.54, 1.807) is 19.2 Å². The molecule has 0 bridgehead atoms. The van der Waals surface area contributed by atoms with E-state index >= 15 is 0 Å². The Kier molecular flexibility index (Phi) is 7.54. The first-order valence-corrected chi connectivity index (χ1v) is 10.5. The molecule has 1 unspecified atom stereocenters. The molecule has 2 aromatic carbocycles. The number of aromatic nitrogens is 2. The quantitative estimate of drug-likeness (QED) is 0.555. The maximum absolute atomic E-state index is 13.0. The minimum atomic E-state index is -0.338. The van der Waals surface area contributed by atoms with Crippen molar-refractivity contribution in [1.29, 1.82) is 0 Å². The van der Waals surface area contributed by atoms with Crippen LogP contribution < -0.4 is 16.2 Å². The van der Waals surface area contributed by atoms with Crippen molar-refractivity contribution in [3.8, 4) is 0 Å². The molecule has 7 nitrogen and oxygen atoms in total. The summed E-state index contributed by atoms with van der Waals surface area (Å²) < 4.78 is 1.45. The lowest BCUT2D eigenvalue weighted by Gasteiger charge is -2.16. The molecule has 1 heterocycles. The molecule has 2 N–H and O–H groups in total. The van der Waals surface area contributed by atoms with E-state index < -0.39 is 0 Å². The molecule has 0 saturated heterocycles. The molecule has 1 atom stereocenters. The molecule has 7 heteroatoms. The van der Waals surface area contributed by atoms with Gasteiger partial charge < -0.3 is 10.6 Å². The average Bonchev–Trinajstić information content (AvgIpc) is 2.78. The van der Waals surface area contributed by atoms with E-state index in [0.717, 1.165) is 12.8 Å². The fourth-order valence-corrected chi connectivity index (χ4v) is 3.49. The van der Waals surface area contributed by atoms with Crippen LogP contribution in [-0.4, -0.2) is 34.5 Å². The Morgan fingerprint density at radius 2 is 1.71 bits per heavy atom. The summed E-state index contributed by atoms with van der Waals surface area (Å²) in [7, 11) is 1.55. The number of amides is 2. The lowest BCUT2D eigenvalue weighted by atomic mass is 10.1. The van der Waals surface area contributed by atoms with Crippen LogP contribution in [0.1, 0.15) is 31.0 Å². The molecule has 0 radical (unpaired) electrons. The van der Waals surface area contributed by atoms with Crippen LogP contribution in [0.5, 0.6) is 0 Å². The van der Waals surface area contributed by atoms with Gasteiger partial charge in [0.25, 0.3) is 5.56 Å². The minimum Gasteiger partial charge on any atom is -0.359 e. The van der Waals surface area contributed by atoms with Gasteiger partial charge in [-0.3, -0.25) is 19.0 Å². The predicted molar refractivity (Wildman–Crippen MR) is 121 cm³/mol. The summed E-state index contributed by atoms with van der Waals surface area (Å²) in [6.07, 6.45) is 2.06. The number of nitrogens with zero attached hydrogens (tertiary/aromatic N) is 2. The van der Waals surface area contributed by atoms with E-state index in [1.165, 1.54) is 10.1 Å². The largest absolute Gasteiger partial charge is 0.359 e. The summed E-state index contributed by atoms with van der Waals surface area (Å²) in [6, 6.07) is 17.3. The van der Waals surface area contributed by atoms with Gasteiger partial charge in [-0.15, -0.1) is 0 Å². The van der Waals surface area contributed by atoms with Gasteiger partial charge in [0.1, 0.15) is 12.2 Å². The summed E-state index contributed by atoms with van der Waals surface area (Å²) >= 11 is 0. The van der Waals surface area contributed by atoms with Crippen molar-refractivity contribution in [3.05, 3.63) is 76.2 Å². The molecule has 0 aliphatic carbocycles. The van der Waals surface area contributed by atoms with Gasteiger partial charge in [-0.05, 0) is 37.5 Å². The number of carbonyl (C=O) groups excluding carboxylic acids is 2. The van der Waals surface area contributed by atoms with E-state index in [0.29, 0.717) is 11.0 Å². The van der Waals surface area contributed by atoms with Gasteiger partial charge in [0.05, 0.1) is 11.0 Å². The van der Waals surface area contributed by atoms with E-state index in [4.69, 9.17) is 0 Å². The number of fused-ring (bicyclic) bond motifs is 1. The van der Waals surface area contributed by atoms with Crippen molar-refractivity contribution >= 4 is 22.8 Å². The van der Waals surface area contributed by atoms with Gasteiger partial charge in [-0.2, -0.15) is 0 Å². The second-order valence-electron chi connectivity index (χ2n) is 7.60. The van der Waals surface area contributed by atoms with Crippen molar-refractivity contribution in [2.24, 2.45) is 0 Å². The topological polar surface area (TPSA) is 93.1 Å². The number of rotatable bonds is 9. The van der Waals surface area contributed by atoms with Gasteiger partial charge in [0, 0.05) is 25.9 Å². The highest BCUT2D eigenvalue weighted by Gasteiger charge is 2.15. The summed E-state index contributed by atoms with van der Waals surface area (Å²) in [5, 5.41) is 5.53. The second kappa shape index (κ2) is 10.5. The first-order valence-electron chi connectivity index (χ1n) is 10.5. The molecular weight excluding hydrogens is 392 g/mol. The SMILES string of the molecule is CNC(=O)CCc1nc2ccccc2n(CC(=O)NC(C)CCc2ccccc2)c1=O. The third-order valence-electron chi connectivity index (χ3n) is 5.21. The standard InChI is InChI=1S/C24H28N4O3/c1-17(12-13-18-8-4-3-5-9-18)26-23(30)16-28-21-11-7-6-10-19(21)27-20(24(28)31)14-15-22(29)25-2/h3-11,17H,12-16H2,1-2H3,(H,25,29)(H,26,30).